The van der Waals surface area contributed by atoms with Crippen LogP contribution in [0, 0.1) is 0 Å². The van der Waals surface area contributed by atoms with Crippen LogP contribution in [0.15, 0.2) is 28.7 Å². The van der Waals surface area contributed by atoms with Gasteiger partial charge >= 0.3 is 5.97 Å². The molecule has 6 heteroatoms. The Bertz CT molecular complexity index is 711. The summed E-state index contributed by atoms with van der Waals surface area (Å²) in [5, 5.41) is 11.7. The van der Waals surface area contributed by atoms with Gasteiger partial charge in [-0.25, -0.2) is 4.79 Å². The topological polar surface area (TPSA) is 88.8 Å². The van der Waals surface area contributed by atoms with Crippen LogP contribution in [0.5, 0.6) is 5.75 Å². The van der Waals surface area contributed by atoms with Crippen molar-refractivity contribution in [1.82, 2.24) is 0 Å². The number of hydrogen-bond donors (Lipinski definition) is 2. The Morgan fingerprint density at radius 3 is 2.48 bits per heavy atom. The Morgan fingerprint density at radius 1 is 1.22 bits per heavy atom. The number of aryl methyl sites for hydroxylation is 2. The van der Waals surface area contributed by atoms with Crippen molar-refractivity contribution in [3.63, 3.8) is 0 Å². The molecule has 2 N–H and O–H groups in total. The first-order valence-corrected chi connectivity index (χ1v) is 7.34. The van der Waals surface area contributed by atoms with Crippen LogP contribution in [0.25, 0.3) is 0 Å². The highest BCUT2D eigenvalue weighted by Gasteiger charge is 2.17. The van der Waals surface area contributed by atoms with Gasteiger partial charge in [0.25, 0.3) is 5.91 Å². The van der Waals surface area contributed by atoms with Gasteiger partial charge in [0.1, 0.15) is 17.1 Å². The highest BCUT2D eigenvalue weighted by molar-refractivity contribution is 6.03. The number of carboxylic acids is 1. The van der Waals surface area contributed by atoms with Gasteiger partial charge in [-0.3, -0.25) is 4.79 Å². The molecular formula is C17H19NO5. The Kier molecular flexibility index (Phi) is 5.05. The van der Waals surface area contributed by atoms with E-state index in [2.05, 4.69) is 5.32 Å². The third-order valence-electron chi connectivity index (χ3n) is 3.51. The lowest BCUT2D eigenvalue weighted by atomic mass is 10.1. The van der Waals surface area contributed by atoms with E-state index in [4.69, 9.17) is 14.3 Å². The zero-order valence-electron chi connectivity index (χ0n) is 13.3. The molecule has 6 nitrogen and oxygen atoms in total. The van der Waals surface area contributed by atoms with Crippen molar-refractivity contribution in [3.05, 3.63) is 46.9 Å². The first kappa shape index (κ1) is 16.6. The van der Waals surface area contributed by atoms with Gasteiger partial charge in [-0.15, -0.1) is 0 Å². The van der Waals surface area contributed by atoms with Crippen molar-refractivity contribution < 1.29 is 23.8 Å². The summed E-state index contributed by atoms with van der Waals surface area (Å²) in [6.07, 6.45) is 1.51. The zero-order chi connectivity index (χ0) is 17.0. The second-order valence-corrected chi connectivity index (χ2v) is 4.94. The third-order valence-corrected chi connectivity index (χ3v) is 3.51. The van der Waals surface area contributed by atoms with E-state index in [-0.39, 0.29) is 23.0 Å². The zero-order valence-corrected chi connectivity index (χ0v) is 13.3. The van der Waals surface area contributed by atoms with E-state index >= 15 is 0 Å². The van der Waals surface area contributed by atoms with Crippen LogP contribution < -0.4 is 10.1 Å². The summed E-state index contributed by atoms with van der Waals surface area (Å²) in [6.45, 7) is 3.97. The van der Waals surface area contributed by atoms with E-state index in [1.54, 1.807) is 6.07 Å². The number of anilines is 1. The van der Waals surface area contributed by atoms with Crippen LogP contribution >= 0.6 is 0 Å². The Morgan fingerprint density at radius 2 is 1.96 bits per heavy atom. The first-order valence-electron chi connectivity index (χ1n) is 7.34. The van der Waals surface area contributed by atoms with E-state index in [0.717, 1.165) is 24.2 Å². The lowest BCUT2D eigenvalue weighted by molar-refractivity contribution is 0.0693. The van der Waals surface area contributed by atoms with Crippen molar-refractivity contribution in [2.24, 2.45) is 0 Å². The number of ether oxygens (including phenoxy) is 1. The minimum atomic E-state index is -1.09. The number of nitrogens with one attached hydrogen (secondary N) is 1. The maximum absolute atomic E-state index is 12.3. The lowest BCUT2D eigenvalue weighted by Crippen LogP contribution is -2.11. The third kappa shape index (κ3) is 3.53. The van der Waals surface area contributed by atoms with Crippen molar-refractivity contribution in [2.75, 3.05) is 12.4 Å². The molecule has 122 valence electrons. The fraction of sp³-hybridized carbons (Fsp3) is 0.294. The number of carbonyl (C=O) groups is 2. The molecule has 0 spiro atoms. The summed E-state index contributed by atoms with van der Waals surface area (Å²) in [6, 6.07) is 6.09. The van der Waals surface area contributed by atoms with Crippen molar-refractivity contribution in [3.8, 4) is 5.75 Å². The molecule has 2 rings (SSSR count). The van der Waals surface area contributed by atoms with E-state index in [0.29, 0.717) is 5.69 Å². The van der Waals surface area contributed by atoms with Crippen molar-refractivity contribution >= 4 is 17.6 Å². The molecule has 0 unspecified atom stereocenters. The Labute approximate surface area is 134 Å². The molecule has 0 aliphatic heterocycles. The van der Waals surface area contributed by atoms with Gasteiger partial charge in [0.15, 0.2) is 5.76 Å². The quantitative estimate of drug-likeness (QED) is 0.852. The number of benzene rings is 1. The maximum atomic E-state index is 12.3. The minimum absolute atomic E-state index is 0.0324. The number of rotatable bonds is 6. The standard InChI is InChI=1S/C17H19NO5/c1-4-10-8-15(23-13(10)5-2)16(19)18-11-6-7-12(17(20)21)14(9-11)22-3/h6-9H,4-5H2,1-3H3,(H,18,19)(H,20,21). The van der Waals surface area contributed by atoms with Crippen molar-refractivity contribution in [2.45, 2.75) is 26.7 Å². The molecule has 0 radical (unpaired) electrons. The molecule has 1 aromatic carbocycles. The molecule has 1 aromatic heterocycles. The summed E-state index contributed by atoms with van der Waals surface area (Å²) < 4.78 is 10.6. The maximum Gasteiger partial charge on any atom is 0.339 e. The molecule has 0 fully saturated rings. The van der Waals surface area contributed by atoms with E-state index < -0.39 is 5.97 Å². The molecule has 0 atom stereocenters. The van der Waals surface area contributed by atoms with Crippen molar-refractivity contribution in [1.29, 1.82) is 0 Å². The SMILES string of the molecule is CCc1cc(C(=O)Nc2ccc(C(=O)O)c(OC)c2)oc1CC. The van der Waals surface area contributed by atoms with Crippen LogP contribution in [0.1, 0.15) is 46.1 Å². The van der Waals surface area contributed by atoms with Gasteiger partial charge in [-0.05, 0) is 30.2 Å². The second kappa shape index (κ2) is 7.00. The molecule has 0 aliphatic carbocycles. The molecule has 2 aromatic rings. The van der Waals surface area contributed by atoms with Gasteiger partial charge in [0.05, 0.1) is 7.11 Å². The van der Waals surface area contributed by atoms with Gasteiger partial charge in [-0.1, -0.05) is 13.8 Å². The monoisotopic (exact) mass is 317 g/mol. The fourth-order valence-electron chi connectivity index (χ4n) is 2.32. The minimum Gasteiger partial charge on any atom is -0.496 e. The number of furan rings is 1. The van der Waals surface area contributed by atoms with Gasteiger partial charge < -0.3 is 19.6 Å². The number of carbonyl (C=O) groups excluding carboxylic acids is 1. The van der Waals surface area contributed by atoms with Gasteiger partial charge in [-0.2, -0.15) is 0 Å². The van der Waals surface area contributed by atoms with E-state index in [1.165, 1.54) is 25.3 Å². The van der Waals surface area contributed by atoms with Crippen LogP contribution in [0.3, 0.4) is 0 Å². The molecule has 23 heavy (non-hydrogen) atoms. The lowest BCUT2D eigenvalue weighted by Gasteiger charge is -2.08. The summed E-state index contributed by atoms with van der Waals surface area (Å²) >= 11 is 0. The number of hydrogen-bond acceptors (Lipinski definition) is 4. The second-order valence-electron chi connectivity index (χ2n) is 4.94. The van der Waals surface area contributed by atoms with Gasteiger partial charge in [0.2, 0.25) is 0 Å². The summed E-state index contributed by atoms with van der Waals surface area (Å²) in [5.41, 5.74) is 1.48. The first-order chi connectivity index (χ1) is 11.0. The van der Waals surface area contributed by atoms with E-state index in [1.807, 2.05) is 13.8 Å². The molecule has 0 bridgehead atoms. The van der Waals surface area contributed by atoms with E-state index in [9.17, 15) is 9.59 Å². The molecule has 1 heterocycles. The average Bonchev–Trinajstić information content (AvgIpc) is 2.97. The molecule has 0 saturated carbocycles. The van der Waals surface area contributed by atoms with Crippen LogP contribution in [0.2, 0.25) is 0 Å². The van der Waals surface area contributed by atoms with Crippen LogP contribution in [-0.4, -0.2) is 24.1 Å². The molecule has 0 aliphatic rings. The molecular weight excluding hydrogens is 298 g/mol. The predicted octanol–water partition coefficient (Wildman–Crippen LogP) is 3.36. The smallest absolute Gasteiger partial charge is 0.339 e. The fourth-order valence-corrected chi connectivity index (χ4v) is 2.32. The summed E-state index contributed by atoms with van der Waals surface area (Å²) in [5.74, 6) is -0.259. The summed E-state index contributed by atoms with van der Waals surface area (Å²) in [7, 11) is 1.38. The highest BCUT2D eigenvalue weighted by Crippen LogP contribution is 2.24. The Hall–Kier alpha value is -2.76. The highest BCUT2D eigenvalue weighted by atomic mass is 16.5. The largest absolute Gasteiger partial charge is 0.496 e. The molecule has 0 saturated heterocycles. The van der Waals surface area contributed by atoms with Crippen LogP contribution in [-0.2, 0) is 12.8 Å². The average molecular weight is 317 g/mol. The Balaban J connectivity index is 2.23. The molecule has 1 amide bonds. The number of carboxylic acid groups (broad SMARTS) is 1. The summed E-state index contributed by atoms with van der Waals surface area (Å²) in [4.78, 5) is 23.3. The number of aromatic carboxylic acids is 1. The number of methoxy groups -OCH3 is 1. The number of amides is 1. The normalized spacial score (nSPS) is 10.4. The van der Waals surface area contributed by atoms with Gasteiger partial charge in [0, 0.05) is 18.2 Å². The predicted molar refractivity (Wildman–Crippen MR) is 85.4 cm³/mol. The van der Waals surface area contributed by atoms with Crippen LogP contribution in [0.4, 0.5) is 5.69 Å².